The third-order valence-electron chi connectivity index (χ3n) is 4.71. The van der Waals surface area contributed by atoms with E-state index in [1.54, 1.807) is 4.57 Å². The number of carbonyl (C=O) groups excluding carboxylic acids is 1. The van der Waals surface area contributed by atoms with Crippen LogP contribution in [0.1, 0.15) is 45.2 Å². The van der Waals surface area contributed by atoms with Gasteiger partial charge in [-0.05, 0) is 44.6 Å². The molecule has 1 aliphatic heterocycles. The smallest absolute Gasteiger partial charge is 0.307 e. The molecular weight excluding hydrogens is 322 g/mol. The molecule has 0 aliphatic carbocycles. The average molecular weight is 354 g/mol. The van der Waals surface area contributed by atoms with Gasteiger partial charge in [-0.15, -0.1) is 0 Å². The number of unbranched alkanes of at least 4 members (excludes halogenated alkanes) is 1. The van der Waals surface area contributed by atoms with Crippen LogP contribution in [0.3, 0.4) is 0 Å². The van der Waals surface area contributed by atoms with Crippen LogP contribution >= 0.6 is 11.3 Å². The lowest BCUT2D eigenvalue weighted by Gasteiger charge is -2.34. The molecular formula is C18H31N3O2S. The molecule has 1 amide bonds. The summed E-state index contributed by atoms with van der Waals surface area (Å²) in [6, 6.07) is 0. The first kappa shape index (κ1) is 19.2. The second-order valence-electron chi connectivity index (χ2n) is 7.31. The molecule has 2 unspecified atom stereocenters. The van der Waals surface area contributed by atoms with Gasteiger partial charge in [-0.2, -0.15) is 0 Å². The largest absolute Gasteiger partial charge is 0.356 e. The molecule has 0 aromatic carbocycles. The Hall–Kier alpha value is -1.14. The fraction of sp³-hybridized carbons (Fsp3) is 0.778. The van der Waals surface area contributed by atoms with Crippen molar-refractivity contribution < 1.29 is 4.79 Å². The van der Waals surface area contributed by atoms with Crippen LogP contribution in [0.25, 0.3) is 0 Å². The van der Waals surface area contributed by atoms with Crippen LogP contribution in [-0.2, 0) is 11.3 Å². The van der Waals surface area contributed by atoms with Gasteiger partial charge in [0, 0.05) is 43.7 Å². The molecule has 2 heterocycles. The number of hydrogen-bond acceptors (Lipinski definition) is 4. The first-order chi connectivity index (χ1) is 11.5. The van der Waals surface area contributed by atoms with Gasteiger partial charge in [-0.3, -0.25) is 9.59 Å². The Morgan fingerprint density at radius 1 is 1.25 bits per heavy atom. The molecule has 1 aromatic heterocycles. The molecule has 2 rings (SSSR count). The van der Waals surface area contributed by atoms with Gasteiger partial charge in [0.1, 0.15) is 0 Å². The van der Waals surface area contributed by atoms with Crippen molar-refractivity contribution in [3.05, 3.63) is 20.7 Å². The van der Waals surface area contributed by atoms with E-state index in [1.807, 2.05) is 12.3 Å². The summed E-state index contributed by atoms with van der Waals surface area (Å²) in [4.78, 5) is 26.1. The predicted molar refractivity (Wildman–Crippen MR) is 99.6 cm³/mol. The molecule has 136 valence electrons. The minimum Gasteiger partial charge on any atom is -0.356 e. The maximum absolute atomic E-state index is 11.9. The molecule has 1 aromatic rings. The van der Waals surface area contributed by atoms with Gasteiger partial charge in [-0.1, -0.05) is 25.2 Å². The van der Waals surface area contributed by atoms with E-state index in [4.69, 9.17) is 0 Å². The monoisotopic (exact) mass is 353 g/mol. The summed E-state index contributed by atoms with van der Waals surface area (Å²) in [7, 11) is 0. The lowest BCUT2D eigenvalue weighted by Crippen LogP contribution is -2.39. The van der Waals surface area contributed by atoms with Crippen LogP contribution in [-0.4, -0.2) is 41.6 Å². The molecule has 1 saturated heterocycles. The van der Waals surface area contributed by atoms with Crippen molar-refractivity contribution in [2.75, 3.05) is 26.2 Å². The van der Waals surface area contributed by atoms with Gasteiger partial charge in [0.15, 0.2) is 0 Å². The number of piperidine rings is 1. The lowest BCUT2D eigenvalue weighted by atomic mass is 9.92. The van der Waals surface area contributed by atoms with E-state index in [0.29, 0.717) is 13.0 Å². The number of likely N-dealkylation sites (tertiary alicyclic amines) is 1. The SMILES string of the molecule is Cc1csc(=O)n1CCC(=O)NCCCCN1CC(C)CC(C)C1. The molecule has 1 N–H and O–H groups in total. The zero-order valence-electron chi connectivity index (χ0n) is 15.2. The van der Waals surface area contributed by atoms with Gasteiger partial charge < -0.3 is 14.8 Å². The number of aryl methyl sites for hydroxylation is 1. The minimum atomic E-state index is 0.0188. The molecule has 0 radical (unpaired) electrons. The number of nitrogens with one attached hydrogen (secondary N) is 1. The first-order valence-corrected chi connectivity index (χ1v) is 9.97. The van der Waals surface area contributed by atoms with Gasteiger partial charge in [0.2, 0.25) is 5.91 Å². The van der Waals surface area contributed by atoms with Crippen molar-refractivity contribution in [2.45, 2.75) is 53.0 Å². The Balaban J connectivity index is 1.55. The highest BCUT2D eigenvalue weighted by Gasteiger charge is 2.20. The number of rotatable bonds is 8. The summed E-state index contributed by atoms with van der Waals surface area (Å²) >= 11 is 1.19. The van der Waals surface area contributed by atoms with E-state index in [2.05, 4.69) is 24.1 Å². The maximum Gasteiger partial charge on any atom is 0.307 e. The van der Waals surface area contributed by atoms with Crippen molar-refractivity contribution in [3.8, 4) is 0 Å². The Morgan fingerprint density at radius 3 is 2.58 bits per heavy atom. The molecule has 0 bridgehead atoms. The highest BCUT2D eigenvalue weighted by molar-refractivity contribution is 7.07. The van der Waals surface area contributed by atoms with Crippen LogP contribution in [0.5, 0.6) is 0 Å². The van der Waals surface area contributed by atoms with E-state index >= 15 is 0 Å². The molecule has 1 fully saturated rings. The summed E-state index contributed by atoms with van der Waals surface area (Å²) in [6.45, 7) is 11.3. The van der Waals surface area contributed by atoms with E-state index in [9.17, 15) is 9.59 Å². The Bertz CT molecular complexity index is 571. The summed E-state index contributed by atoms with van der Waals surface area (Å²) < 4.78 is 1.67. The third kappa shape index (κ3) is 6.06. The van der Waals surface area contributed by atoms with Crippen molar-refractivity contribution in [2.24, 2.45) is 11.8 Å². The fourth-order valence-corrected chi connectivity index (χ4v) is 4.40. The van der Waals surface area contributed by atoms with Crippen molar-refractivity contribution in [1.29, 1.82) is 0 Å². The number of nitrogens with zero attached hydrogens (tertiary/aromatic N) is 2. The summed E-state index contributed by atoms with van der Waals surface area (Å²) in [5.41, 5.74) is 0.933. The zero-order valence-corrected chi connectivity index (χ0v) is 16.0. The quantitative estimate of drug-likeness (QED) is 0.731. The number of carbonyl (C=O) groups is 1. The van der Waals surface area contributed by atoms with Gasteiger partial charge in [-0.25, -0.2) is 0 Å². The number of thiazole rings is 1. The molecule has 0 spiro atoms. The Labute approximate surface area is 149 Å². The molecule has 1 aliphatic rings. The van der Waals surface area contributed by atoms with Gasteiger partial charge in [0.25, 0.3) is 0 Å². The van der Waals surface area contributed by atoms with Gasteiger partial charge in [0.05, 0.1) is 0 Å². The van der Waals surface area contributed by atoms with Crippen LogP contribution in [0.4, 0.5) is 0 Å². The number of aromatic nitrogens is 1. The van der Waals surface area contributed by atoms with Crippen LogP contribution in [0.15, 0.2) is 10.2 Å². The molecule has 24 heavy (non-hydrogen) atoms. The van der Waals surface area contributed by atoms with Crippen LogP contribution in [0, 0.1) is 18.8 Å². The van der Waals surface area contributed by atoms with Crippen molar-refractivity contribution in [1.82, 2.24) is 14.8 Å². The van der Waals surface area contributed by atoms with E-state index < -0.39 is 0 Å². The third-order valence-corrected chi connectivity index (χ3v) is 5.59. The Kier molecular flexibility index (Phi) is 7.49. The minimum absolute atomic E-state index is 0.0188. The topological polar surface area (TPSA) is 54.3 Å². The Morgan fingerprint density at radius 2 is 1.96 bits per heavy atom. The standard InChI is InChI=1S/C18H31N3O2S/c1-14-10-15(2)12-20(11-14)8-5-4-7-19-17(22)6-9-21-16(3)13-24-18(21)23/h13-15H,4-12H2,1-3H3,(H,19,22). The normalized spacial score (nSPS) is 21.8. The molecule has 2 atom stereocenters. The number of hydrogen-bond donors (Lipinski definition) is 1. The average Bonchev–Trinajstić information content (AvgIpc) is 2.82. The molecule has 0 saturated carbocycles. The second kappa shape index (κ2) is 9.37. The summed E-state index contributed by atoms with van der Waals surface area (Å²) in [5, 5.41) is 4.81. The second-order valence-corrected chi connectivity index (χ2v) is 8.13. The van der Waals surface area contributed by atoms with Crippen LogP contribution < -0.4 is 10.2 Å². The van der Waals surface area contributed by atoms with E-state index in [-0.39, 0.29) is 10.8 Å². The van der Waals surface area contributed by atoms with Crippen molar-refractivity contribution in [3.63, 3.8) is 0 Å². The summed E-state index contributed by atoms with van der Waals surface area (Å²) in [5.74, 6) is 1.64. The molecule has 6 heteroatoms. The fourth-order valence-electron chi connectivity index (χ4n) is 3.64. The van der Waals surface area contributed by atoms with Crippen LogP contribution in [0.2, 0.25) is 0 Å². The molecule has 5 nitrogen and oxygen atoms in total. The van der Waals surface area contributed by atoms with Gasteiger partial charge >= 0.3 is 4.87 Å². The van der Waals surface area contributed by atoms with Crippen molar-refractivity contribution >= 4 is 17.2 Å². The van der Waals surface area contributed by atoms with E-state index in [1.165, 1.54) is 30.8 Å². The first-order valence-electron chi connectivity index (χ1n) is 9.09. The number of amides is 1. The van der Waals surface area contributed by atoms with E-state index in [0.717, 1.165) is 43.5 Å². The lowest BCUT2D eigenvalue weighted by molar-refractivity contribution is -0.121. The summed E-state index contributed by atoms with van der Waals surface area (Å²) in [6.07, 6.45) is 3.86. The zero-order chi connectivity index (χ0) is 17.5. The highest BCUT2D eigenvalue weighted by atomic mass is 32.1. The predicted octanol–water partition coefficient (Wildman–Crippen LogP) is 2.48. The maximum atomic E-state index is 11.9. The highest BCUT2D eigenvalue weighted by Crippen LogP contribution is 2.20.